The molecule has 4 N–H and O–H groups in total. The molecule has 13 rings (SSSR count). The summed E-state index contributed by atoms with van der Waals surface area (Å²) in [5.41, 5.74) is 6.06. The molecule has 0 amide bonds. The largest absolute Gasteiger partial charge is 0.396 e. The molecule has 1 saturated heterocycles. The standard InChI is InChI=1S/C22H25ClF3NO3.2C22H30ClNO3.C20H24ClF2NO2/c23-17-4-2-9-27-18(14-6-10-30-13-14)11-16(20(17)27)19(28)5-8-21(29)7-1-3-15(12-21)22(24,25)26;2*1-3-27-13-9-17-14-18(21-19(23)7-5-12-24(17)21)20(25)8-11-22(26)10-4-6-16(2)15-22;1-13(12-25)17-11-15(19-16(21)3-2-10-24(17)19)18(26)5-4-14-6-8-20(22,23)9-7-14/h2,4,9,11,14-15,29H,1,3,5-8,10,12-13H2;2*5,7,12,14,16,26H,3-4,6,8-11,13,15H2,1-2H3;2-3,10-11,13-14,25H,4-9,12H2,1H3/t;16-,22+;;/m.1../s1. The Morgan fingerprint density at radius 1 is 0.555 bits per heavy atom. The van der Waals surface area contributed by atoms with Gasteiger partial charge in [0.2, 0.25) is 5.92 Å². The van der Waals surface area contributed by atoms with Gasteiger partial charge < -0.3 is 52.2 Å². The molecule has 4 aliphatic carbocycles. The molecule has 0 aromatic carbocycles. The molecule has 8 atom stereocenters. The van der Waals surface area contributed by atoms with E-state index in [1.807, 2.05) is 112 Å². The molecule has 602 valence electrons. The Kier molecular flexibility index (Phi) is 30.4. The minimum atomic E-state index is -4.32. The van der Waals surface area contributed by atoms with E-state index >= 15 is 0 Å². The topological polar surface area (TPSA) is 195 Å². The summed E-state index contributed by atoms with van der Waals surface area (Å²) in [5, 5.41) is 44.0. The highest BCUT2D eigenvalue weighted by Crippen LogP contribution is 2.46. The molecule has 110 heavy (non-hydrogen) atoms. The number of hydrogen-bond donors (Lipinski definition) is 4. The summed E-state index contributed by atoms with van der Waals surface area (Å²) in [6, 6.07) is 22.0. The van der Waals surface area contributed by atoms with Crippen LogP contribution >= 0.6 is 46.4 Å². The van der Waals surface area contributed by atoms with Crippen LogP contribution < -0.4 is 0 Å². The summed E-state index contributed by atoms with van der Waals surface area (Å²) in [4.78, 5) is 51.9. The molecule has 5 aliphatic rings. The molecular formula is C86H109Cl4F5N4O11. The van der Waals surface area contributed by atoms with Crippen LogP contribution in [0.15, 0.2) is 97.6 Å². The van der Waals surface area contributed by atoms with Crippen LogP contribution in [0.2, 0.25) is 20.1 Å². The average molecular weight is 1610 g/mol. The molecule has 8 aromatic heterocycles. The van der Waals surface area contributed by atoms with Crippen molar-refractivity contribution in [1.82, 2.24) is 17.6 Å². The molecule has 15 nitrogen and oxygen atoms in total. The third-order valence-corrected chi connectivity index (χ3v) is 24.6. The quantitative estimate of drug-likeness (QED) is 0.0217. The third-order valence-electron chi connectivity index (χ3n) is 23.4. The van der Waals surface area contributed by atoms with Crippen LogP contribution in [-0.4, -0.2) is 136 Å². The van der Waals surface area contributed by atoms with Gasteiger partial charge in [0, 0.05) is 153 Å². The van der Waals surface area contributed by atoms with Gasteiger partial charge >= 0.3 is 6.18 Å². The van der Waals surface area contributed by atoms with Gasteiger partial charge in [0.25, 0.3) is 0 Å². The first-order valence-corrected chi connectivity index (χ1v) is 41.1. The molecule has 9 heterocycles. The van der Waals surface area contributed by atoms with E-state index in [0.717, 1.165) is 91.6 Å². The second-order valence-electron chi connectivity index (χ2n) is 31.8. The fourth-order valence-corrected chi connectivity index (χ4v) is 18.4. The van der Waals surface area contributed by atoms with Crippen molar-refractivity contribution in [2.45, 2.75) is 249 Å². The summed E-state index contributed by atoms with van der Waals surface area (Å²) in [6.45, 7) is 14.0. The lowest BCUT2D eigenvalue weighted by atomic mass is 9.75. The van der Waals surface area contributed by atoms with Crippen molar-refractivity contribution in [3.8, 4) is 0 Å². The fraction of sp³-hybridized carbons (Fsp3) is 0.581. The zero-order chi connectivity index (χ0) is 79.3. The number of ketones is 4. The smallest absolute Gasteiger partial charge is 0.391 e. The maximum absolute atomic E-state index is 13.3. The Labute approximate surface area is 662 Å². The first-order valence-electron chi connectivity index (χ1n) is 39.6. The predicted octanol–water partition coefficient (Wildman–Crippen LogP) is 21.2. The molecule has 8 aromatic rings. The first-order chi connectivity index (χ1) is 52.4. The number of hydrogen-bond acceptors (Lipinski definition) is 11. The van der Waals surface area contributed by atoms with Gasteiger partial charge in [-0.2, -0.15) is 13.2 Å². The number of carbonyl (C=O) groups excluding carboxylic acids is 4. The minimum absolute atomic E-state index is 0.0160. The summed E-state index contributed by atoms with van der Waals surface area (Å²) in [6.07, 6.45) is 16.9. The van der Waals surface area contributed by atoms with Gasteiger partial charge in [-0.15, -0.1) is 0 Å². The lowest BCUT2D eigenvalue weighted by Crippen LogP contribution is -2.40. The summed E-state index contributed by atoms with van der Waals surface area (Å²) < 4.78 is 90.0. The first kappa shape index (κ1) is 86.7. The SMILES string of the molecule is CC(CO)c1cc(C(=O)CCC2CCC(F)(F)CC2)c2c(Cl)cccn12.CCOCCc1cc(C(=O)CCC2(O)CCCC(C)C2)c2c(Cl)cccn12.CCOCCc1cc(C(=O)CC[C@@]2(O)CCC[C@@H](C)C2)c2c(Cl)cccn12.O=C(CCC1(O)CCCC(C(F)(F)F)C1)c1cc(C2CCOC2)n2cccc(Cl)c12. The number of Topliss-reactive ketones (excluding diaryl/α,β-unsaturated/α-hetero) is 4. The Morgan fingerprint density at radius 3 is 1.40 bits per heavy atom. The zero-order valence-corrected chi connectivity index (χ0v) is 67.1. The highest BCUT2D eigenvalue weighted by Gasteiger charge is 2.47. The Hall–Kier alpha value is -5.75. The Morgan fingerprint density at radius 2 is 0.964 bits per heavy atom. The van der Waals surface area contributed by atoms with Gasteiger partial charge in [-0.3, -0.25) is 19.2 Å². The molecular weight excluding hydrogens is 1500 g/mol. The summed E-state index contributed by atoms with van der Waals surface area (Å²) in [5.74, 6) is -2.92. The van der Waals surface area contributed by atoms with Crippen LogP contribution in [0.3, 0.4) is 0 Å². The van der Waals surface area contributed by atoms with Gasteiger partial charge in [0.15, 0.2) is 23.1 Å². The van der Waals surface area contributed by atoms with Crippen molar-refractivity contribution in [1.29, 1.82) is 0 Å². The Balaban J connectivity index is 0.000000156. The highest BCUT2D eigenvalue weighted by atomic mass is 35.5. The number of halogens is 9. The fourth-order valence-electron chi connectivity index (χ4n) is 17.4. The molecule has 24 heteroatoms. The van der Waals surface area contributed by atoms with Crippen molar-refractivity contribution in [3.05, 3.63) is 163 Å². The molecule has 0 bridgehead atoms. The van der Waals surface area contributed by atoms with Crippen LogP contribution in [0.25, 0.3) is 22.1 Å². The van der Waals surface area contributed by atoms with Crippen molar-refractivity contribution in [2.75, 3.05) is 46.2 Å². The molecule has 1 aliphatic heterocycles. The van der Waals surface area contributed by atoms with Gasteiger partial charge in [-0.05, 0) is 201 Å². The van der Waals surface area contributed by atoms with E-state index in [-0.39, 0.29) is 92.4 Å². The summed E-state index contributed by atoms with van der Waals surface area (Å²) >= 11 is 25.6. The van der Waals surface area contributed by atoms with Crippen LogP contribution in [0.4, 0.5) is 22.0 Å². The second-order valence-corrected chi connectivity index (χ2v) is 33.5. The van der Waals surface area contributed by atoms with Crippen LogP contribution in [-0.2, 0) is 27.1 Å². The van der Waals surface area contributed by atoms with Crippen LogP contribution in [0, 0.1) is 23.7 Å². The average Bonchev–Trinajstić information content (AvgIpc) is 1.64. The monoisotopic (exact) mass is 1610 g/mol. The van der Waals surface area contributed by atoms with Crippen molar-refractivity contribution < 1.29 is 75.8 Å². The van der Waals surface area contributed by atoms with Gasteiger partial charge in [-0.1, -0.05) is 92.9 Å². The van der Waals surface area contributed by atoms with Crippen molar-refractivity contribution >= 4 is 91.6 Å². The zero-order valence-electron chi connectivity index (χ0n) is 64.1. The minimum Gasteiger partial charge on any atom is -0.396 e. The molecule has 0 radical (unpaired) electrons. The maximum Gasteiger partial charge on any atom is 0.391 e. The van der Waals surface area contributed by atoms with E-state index in [0.29, 0.717) is 163 Å². The van der Waals surface area contributed by atoms with Crippen molar-refractivity contribution in [3.63, 3.8) is 0 Å². The lowest BCUT2D eigenvalue weighted by molar-refractivity contribution is -0.201. The van der Waals surface area contributed by atoms with Gasteiger partial charge in [0.05, 0.1) is 91.3 Å². The van der Waals surface area contributed by atoms with Crippen molar-refractivity contribution in [2.24, 2.45) is 23.7 Å². The number of alkyl halides is 5. The van der Waals surface area contributed by atoms with E-state index in [1.54, 1.807) is 24.3 Å². The number of rotatable bonds is 27. The maximum atomic E-state index is 13.3. The van der Waals surface area contributed by atoms with Crippen LogP contribution in [0.5, 0.6) is 0 Å². The van der Waals surface area contributed by atoms with E-state index in [1.165, 1.54) is 12.8 Å². The number of aliphatic hydroxyl groups is 4. The molecule has 0 spiro atoms. The van der Waals surface area contributed by atoms with Crippen LogP contribution in [0.1, 0.15) is 271 Å². The van der Waals surface area contributed by atoms with E-state index < -0.39 is 34.8 Å². The van der Waals surface area contributed by atoms with E-state index in [2.05, 4.69) is 13.8 Å². The lowest BCUT2D eigenvalue weighted by Gasteiger charge is -2.37. The number of carbonyl (C=O) groups is 4. The number of pyridine rings is 4. The Bertz CT molecular complexity index is 4310. The number of fused-ring (bicyclic) bond motifs is 4. The number of aliphatic hydroxyl groups excluding tert-OH is 1. The molecule has 6 unspecified atom stereocenters. The normalized spacial score (nSPS) is 23.3. The summed E-state index contributed by atoms with van der Waals surface area (Å²) in [7, 11) is 0. The molecule has 5 fully saturated rings. The predicted molar refractivity (Wildman–Crippen MR) is 423 cm³/mol. The van der Waals surface area contributed by atoms with E-state index in [9.17, 15) is 61.6 Å². The van der Waals surface area contributed by atoms with Gasteiger partial charge in [0.1, 0.15) is 0 Å². The number of aromatic nitrogens is 4. The third kappa shape index (κ3) is 22.0. The van der Waals surface area contributed by atoms with E-state index in [4.69, 9.17) is 60.6 Å². The second kappa shape index (κ2) is 38.6. The molecule has 4 saturated carbocycles. The number of nitrogens with zero attached hydrogens (tertiary/aromatic N) is 4. The number of ether oxygens (including phenoxy) is 3. The van der Waals surface area contributed by atoms with Gasteiger partial charge in [-0.25, -0.2) is 8.78 Å². The highest BCUT2D eigenvalue weighted by molar-refractivity contribution is 6.36.